The van der Waals surface area contributed by atoms with Crippen LogP contribution in [0.5, 0.6) is 5.75 Å². The molecule has 174 valence electrons. The summed E-state index contributed by atoms with van der Waals surface area (Å²) in [4.78, 5) is 38.9. The summed E-state index contributed by atoms with van der Waals surface area (Å²) in [6.07, 6.45) is 0.750. The zero-order valence-electron chi connectivity index (χ0n) is 18.7. The van der Waals surface area contributed by atoms with Crippen molar-refractivity contribution in [2.75, 3.05) is 25.6 Å². The molecule has 0 aliphatic carbocycles. The van der Waals surface area contributed by atoms with Crippen LogP contribution in [0.4, 0.5) is 10.5 Å². The van der Waals surface area contributed by atoms with Gasteiger partial charge in [-0.15, -0.1) is 0 Å². The number of hydrogen-bond acceptors (Lipinski definition) is 5. The summed E-state index contributed by atoms with van der Waals surface area (Å²) in [7, 11) is 1.31. The van der Waals surface area contributed by atoms with Crippen molar-refractivity contribution in [3.8, 4) is 5.75 Å². The van der Waals surface area contributed by atoms with E-state index in [0.717, 1.165) is 6.42 Å². The van der Waals surface area contributed by atoms with Gasteiger partial charge in [0.25, 0.3) is 5.91 Å². The first kappa shape index (κ1) is 24.1. The van der Waals surface area contributed by atoms with Gasteiger partial charge in [-0.1, -0.05) is 30.7 Å². The molecule has 3 rings (SSSR count). The van der Waals surface area contributed by atoms with Gasteiger partial charge in [-0.2, -0.15) is 0 Å². The Morgan fingerprint density at radius 1 is 1.12 bits per heavy atom. The van der Waals surface area contributed by atoms with Gasteiger partial charge in [-0.25, -0.2) is 9.59 Å². The van der Waals surface area contributed by atoms with Gasteiger partial charge in [0, 0.05) is 23.0 Å². The Labute approximate surface area is 197 Å². The SMILES string of the molecule is CCCN1C(=O)NC(c2ccc(NC(=O)COc3ccc(Cl)cc3)cc2)C(C(=O)OC)=C1C. The van der Waals surface area contributed by atoms with Crippen LogP contribution in [0.3, 0.4) is 0 Å². The van der Waals surface area contributed by atoms with Crippen LogP contribution in [0.25, 0.3) is 0 Å². The van der Waals surface area contributed by atoms with E-state index < -0.39 is 12.0 Å². The second-order valence-electron chi connectivity index (χ2n) is 7.44. The van der Waals surface area contributed by atoms with Gasteiger partial charge in [-0.05, 0) is 55.3 Å². The van der Waals surface area contributed by atoms with E-state index in [0.29, 0.717) is 39.8 Å². The minimum atomic E-state index is -0.656. The monoisotopic (exact) mass is 471 g/mol. The summed E-state index contributed by atoms with van der Waals surface area (Å²) >= 11 is 5.83. The highest BCUT2D eigenvalue weighted by Crippen LogP contribution is 2.32. The smallest absolute Gasteiger partial charge is 0.337 e. The number of nitrogens with zero attached hydrogens (tertiary/aromatic N) is 1. The fourth-order valence-corrected chi connectivity index (χ4v) is 3.66. The molecule has 1 heterocycles. The number of halogens is 1. The topological polar surface area (TPSA) is 97.0 Å². The number of urea groups is 1. The molecule has 8 nitrogen and oxygen atoms in total. The minimum Gasteiger partial charge on any atom is -0.484 e. The first-order valence-electron chi connectivity index (χ1n) is 10.5. The average molecular weight is 472 g/mol. The lowest BCUT2D eigenvalue weighted by Crippen LogP contribution is -2.48. The minimum absolute atomic E-state index is 0.163. The predicted molar refractivity (Wildman–Crippen MR) is 125 cm³/mol. The Morgan fingerprint density at radius 3 is 2.39 bits per heavy atom. The van der Waals surface area contributed by atoms with Crippen molar-refractivity contribution in [2.45, 2.75) is 26.3 Å². The molecule has 0 radical (unpaired) electrons. The number of rotatable bonds is 8. The second kappa shape index (κ2) is 10.9. The fourth-order valence-electron chi connectivity index (χ4n) is 3.53. The van der Waals surface area contributed by atoms with Crippen molar-refractivity contribution in [3.63, 3.8) is 0 Å². The molecule has 0 saturated heterocycles. The maximum Gasteiger partial charge on any atom is 0.337 e. The van der Waals surface area contributed by atoms with Gasteiger partial charge in [0.1, 0.15) is 5.75 Å². The van der Waals surface area contributed by atoms with E-state index in [4.69, 9.17) is 21.1 Å². The summed E-state index contributed by atoms with van der Waals surface area (Å²) in [6, 6.07) is 12.7. The van der Waals surface area contributed by atoms with E-state index in [-0.39, 0.29) is 18.5 Å². The van der Waals surface area contributed by atoms with Crippen LogP contribution in [-0.4, -0.2) is 43.1 Å². The Morgan fingerprint density at radius 2 is 1.79 bits per heavy atom. The van der Waals surface area contributed by atoms with Gasteiger partial charge < -0.3 is 20.1 Å². The number of esters is 1. The second-order valence-corrected chi connectivity index (χ2v) is 7.87. The lowest BCUT2D eigenvalue weighted by atomic mass is 9.94. The van der Waals surface area contributed by atoms with Gasteiger partial charge in [0.15, 0.2) is 6.61 Å². The third kappa shape index (κ3) is 5.84. The Kier molecular flexibility index (Phi) is 7.95. The van der Waals surface area contributed by atoms with E-state index in [1.165, 1.54) is 12.0 Å². The number of ether oxygens (including phenoxy) is 2. The number of anilines is 1. The molecule has 0 aromatic heterocycles. The van der Waals surface area contributed by atoms with E-state index in [9.17, 15) is 14.4 Å². The molecule has 2 aromatic carbocycles. The van der Waals surface area contributed by atoms with E-state index in [1.807, 2.05) is 6.92 Å². The molecule has 3 amide bonds. The van der Waals surface area contributed by atoms with Crippen molar-refractivity contribution in [1.29, 1.82) is 0 Å². The average Bonchev–Trinajstić information content (AvgIpc) is 2.81. The molecule has 1 atom stereocenters. The van der Waals surface area contributed by atoms with Crippen LogP contribution in [0.2, 0.25) is 5.02 Å². The molecular weight excluding hydrogens is 446 g/mol. The third-order valence-electron chi connectivity index (χ3n) is 5.16. The molecule has 9 heteroatoms. The van der Waals surface area contributed by atoms with Crippen LogP contribution in [0.1, 0.15) is 31.9 Å². The van der Waals surface area contributed by atoms with Crippen LogP contribution < -0.4 is 15.4 Å². The molecule has 1 aliphatic rings. The maximum absolute atomic E-state index is 12.6. The summed E-state index contributed by atoms with van der Waals surface area (Å²) in [5.41, 5.74) is 2.18. The number of allylic oxidation sites excluding steroid dienone is 1. The first-order valence-corrected chi connectivity index (χ1v) is 10.9. The fraction of sp³-hybridized carbons (Fsp3) is 0.292. The number of methoxy groups -OCH3 is 1. The number of carbonyl (C=O) groups excluding carboxylic acids is 3. The predicted octanol–water partition coefficient (Wildman–Crippen LogP) is 4.28. The maximum atomic E-state index is 12.6. The van der Waals surface area contributed by atoms with Gasteiger partial charge >= 0.3 is 12.0 Å². The molecule has 2 aromatic rings. The molecule has 33 heavy (non-hydrogen) atoms. The Balaban J connectivity index is 1.71. The van der Waals surface area contributed by atoms with Crippen LogP contribution in [-0.2, 0) is 14.3 Å². The Bertz CT molecular complexity index is 1050. The highest BCUT2D eigenvalue weighted by atomic mass is 35.5. The quantitative estimate of drug-likeness (QED) is 0.560. The van der Waals surface area contributed by atoms with E-state index in [1.54, 1.807) is 55.5 Å². The molecule has 2 N–H and O–H groups in total. The molecular formula is C24H26ClN3O5. The van der Waals surface area contributed by atoms with Crippen molar-refractivity contribution in [3.05, 3.63) is 70.4 Å². The highest BCUT2D eigenvalue weighted by molar-refractivity contribution is 6.30. The summed E-state index contributed by atoms with van der Waals surface area (Å²) < 4.78 is 10.4. The highest BCUT2D eigenvalue weighted by Gasteiger charge is 2.35. The lowest BCUT2D eigenvalue weighted by molar-refractivity contribution is -0.136. The molecule has 1 aliphatic heterocycles. The standard InChI is InChI=1S/C24H26ClN3O5/c1-4-13-28-15(2)21(23(30)32-3)22(27-24(28)31)16-5-9-18(10-6-16)26-20(29)14-33-19-11-7-17(25)8-12-19/h5-12,22H,4,13-14H2,1-3H3,(H,26,29)(H,27,31). The van der Waals surface area contributed by atoms with Gasteiger partial charge in [0.2, 0.25) is 0 Å². The lowest BCUT2D eigenvalue weighted by Gasteiger charge is -2.35. The molecule has 1 unspecified atom stereocenters. The molecule has 0 spiro atoms. The summed E-state index contributed by atoms with van der Waals surface area (Å²) in [5, 5.41) is 6.21. The zero-order valence-corrected chi connectivity index (χ0v) is 19.4. The molecule has 0 fully saturated rings. The van der Waals surface area contributed by atoms with Crippen LogP contribution >= 0.6 is 11.6 Å². The summed E-state index contributed by atoms with van der Waals surface area (Å²) in [6.45, 7) is 4.03. The van der Waals surface area contributed by atoms with Crippen molar-refractivity contribution in [2.24, 2.45) is 0 Å². The largest absolute Gasteiger partial charge is 0.484 e. The van der Waals surface area contributed by atoms with E-state index >= 15 is 0 Å². The van der Waals surface area contributed by atoms with Crippen molar-refractivity contribution >= 4 is 35.2 Å². The van der Waals surface area contributed by atoms with Gasteiger partial charge in [-0.3, -0.25) is 9.69 Å². The number of hydrogen-bond donors (Lipinski definition) is 2. The van der Waals surface area contributed by atoms with Crippen LogP contribution in [0.15, 0.2) is 59.8 Å². The van der Waals surface area contributed by atoms with E-state index in [2.05, 4.69) is 10.6 Å². The van der Waals surface area contributed by atoms with Crippen molar-refractivity contribution in [1.82, 2.24) is 10.2 Å². The van der Waals surface area contributed by atoms with Gasteiger partial charge in [0.05, 0.1) is 18.7 Å². The molecule has 0 saturated carbocycles. The zero-order chi connectivity index (χ0) is 24.0. The number of benzene rings is 2. The summed E-state index contributed by atoms with van der Waals surface area (Å²) in [5.74, 6) is -0.298. The Hall–Kier alpha value is -3.52. The molecule has 0 bridgehead atoms. The number of amides is 3. The number of carbonyl (C=O) groups is 3. The van der Waals surface area contributed by atoms with Crippen LogP contribution in [0, 0.1) is 0 Å². The third-order valence-corrected chi connectivity index (χ3v) is 5.41. The first-order chi connectivity index (χ1) is 15.8. The number of nitrogens with one attached hydrogen (secondary N) is 2. The normalized spacial score (nSPS) is 15.7. The van der Waals surface area contributed by atoms with Crippen molar-refractivity contribution < 1.29 is 23.9 Å².